The lowest BCUT2D eigenvalue weighted by Gasteiger charge is -2.07. The molecule has 5 heteroatoms. The zero-order chi connectivity index (χ0) is 13.8. The maximum absolute atomic E-state index is 13.8. The molecule has 1 aromatic carbocycles. The smallest absolute Gasteiger partial charge is 0.133 e. The Kier molecular flexibility index (Phi) is 4.16. The summed E-state index contributed by atoms with van der Waals surface area (Å²) < 4.78 is 13.8. The van der Waals surface area contributed by atoms with Crippen molar-refractivity contribution in [3.8, 4) is 6.07 Å². The molecule has 2 rings (SSSR count). The number of halogens is 3. The van der Waals surface area contributed by atoms with Crippen LogP contribution in [0.15, 0.2) is 42.7 Å². The van der Waals surface area contributed by atoms with Gasteiger partial charge in [0.1, 0.15) is 11.9 Å². The van der Waals surface area contributed by atoms with Gasteiger partial charge in [-0.25, -0.2) is 4.39 Å². The van der Waals surface area contributed by atoms with E-state index in [1.165, 1.54) is 24.4 Å². The molecule has 0 atom stereocenters. The summed E-state index contributed by atoms with van der Waals surface area (Å²) in [6.07, 6.45) is 3.05. The lowest BCUT2D eigenvalue weighted by molar-refractivity contribution is 0.625. The first-order valence-electron chi connectivity index (χ1n) is 5.29. The fraction of sp³-hybridized carbons (Fsp3) is 0. The van der Waals surface area contributed by atoms with Gasteiger partial charge in [0, 0.05) is 23.5 Å². The first kappa shape index (κ1) is 13.5. The molecule has 0 N–H and O–H groups in total. The van der Waals surface area contributed by atoms with Gasteiger partial charge in [-0.2, -0.15) is 5.26 Å². The maximum Gasteiger partial charge on any atom is 0.133 e. The van der Waals surface area contributed by atoms with Crippen LogP contribution in [0.25, 0.3) is 10.6 Å². The summed E-state index contributed by atoms with van der Waals surface area (Å²) in [7, 11) is 0. The van der Waals surface area contributed by atoms with Gasteiger partial charge in [0.05, 0.1) is 15.6 Å². The van der Waals surface area contributed by atoms with Gasteiger partial charge < -0.3 is 0 Å². The van der Waals surface area contributed by atoms with Gasteiger partial charge in [-0.05, 0) is 18.2 Å². The number of nitriles is 1. The molecule has 0 saturated heterocycles. The molecule has 0 aliphatic heterocycles. The topological polar surface area (TPSA) is 36.7 Å². The summed E-state index contributed by atoms with van der Waals surface area (Å²) in [6.45, 7) is 0. The first-order valence-corrected chi connectivity index (χ1v) is 6.05. The van der Waals surface area contributed by atoms with Gasteiger partial charge in [0.15, 0.2) is 0 Å². The van der Waals surface area contributed by atoms with E-state index in [-0.39, 0.29) is 21.2 Å². The minimum absolute atomic E-state index is 0.0197. The average Bonchev–Trinajstić information content (AvgIpc) is 2.40. The van der Waals surface area contributed by atoms with E-state index in [1.807, 2.05) is 6.07 Å². The molecule has 0 saturated carbocycles. The van der Waals surface area contributed by atoms with Crippen molar-refractivity contribution >= 4 is 33.8 Å². The number of nitrogens with zero attached hydrogens (tertiary/aromatic N) is 2. The van der Waals surface area contributed by atoms with Crippen molar-refractivity contribution in [3.05, 3.63) is 64.7 Å². The minimum atomic E-state index is -0.575. The number of aromatic nitrogens is 1. The average molecular weight is 293 g/mol. The zero-order valence-electron chi connectivity index (χ0n) is 9.57. The number of allylic oxidation sites excluding steroid dienone is 1. The van der Waals surface area contributed by atoms with Crippen molar-refractivity contribution in [1.82, 2.24) is 4.98 Å². The molecule has 0 amide bonds. The van der Waals surface area contributed by atoms with E-state index in [0.717, 1.165) is 0 Å². The highest BCUT2D eigenvalue weighted by atomic mass is 35.5. The second-order valence-corrected chi connectivity index (χ2v) is 4.42. The molecule has 0 bridgehead atoms. The van der Waals surface area contributed by atoms with Gasteiger partial charge in [0.2, 0.25) is 0 Å². The van der Waals surface area contributed by atoms with Crippen LogP contribution >= 0.6 is 23.2 Å². The number of benzene rings is 1. The molecule has 94 valence electrons. The Morgan fingerprint density at radius 3 is 2.63 bits per heavy atom. The lowest BCUT2D eigenvalue weighted by atomic mass is 10.0. The molecular formula is C14H7Cl2FN2. The second kappa shape index (κ2) is 5.83. The van der Waals surface area contributed by atoms with Crippen LogP contribution in [0.3, 0.4) is 0 Å². The van der Waals surface area contributed by atoms with Crippen LogP contribution in [0.1, 0.15) is 11.1 Å². The molecule has 0 radical (unpaired) electrons. The molecule has 0 aliphatic carbocycles. The van der Waals surface area contributed by atoms with Gasteiger partial charge in [0.25, 0.3) is 0 Å². The highest BCUT2D eigenvalue weighted by Crippen LogP contribution is 2.34. The van der Waals surface area contributed by atoms with Crippen molar-refractivity contribution in [2.24, 2.45) is 0 Å². The number of hydrogen-bond acceptors (Lipinski definition) is 2. The molecule has 0 aliphatic rings. The number of rotatable bonds is 2. The van der Waals surface area contributed by atoms with Crippen LogP contribution < -0.4 is 0 Å². The predicted molar refractivity (Wildman–Crippen MR) is 73.9 cm³/mol. The number of hydrogen-bond donors (Lipinski definition) is 0. The fourth-order valence-electron chi connectivity index (χ4n) is 1.58. The van der Waals surface area contributed by atoms with E-state index in [2.05, 4.69) is 4.98 Å². The molecular weight excluding hydrogens is 286 g/mol. The Balaban J connectivity index is 2.67. The molecule has 0 fully saturated rings. The molecule has 0 spiro atoms. The van der Waals surface area contributed by atoms with E-state index in [0.29, 0.717) is 5.56 Å². The largest absolute Gasteiger partial charge is 0.264 e. The summed E-state index contributed by atoms with van der Waals surface area (Å²) in [5.74, 6) is -0.575. The van der Waals surface area contributed by atoms with Crippen LogP contribution in [-0.2, 0) is 0 Å². The first-order chi connectivity index (χ1) is 9.15. The Labute approximate surface area is 119 Å². The molecule has 1 aromatic heterocycles. The summed E-state index contributed by atoms with van der Waals surface area (Å²) in [5, 5.41) is 9.33. The Morgan fingerprint density at radius 1 is 1.26 bits per heavy atom. The van der Waals surface area contributed by atoms with E-state index in [1.54, 1.807) is 18.3 Å². The Bertz CT molecular complexity index is 655. The van der Waals surface area contributed by atoms with Crippen molar-refractivity contribution in [2.75, 3.05) is 0 Å². The monoisotopic (exact) mass is 292 g/mol. The minimum Gasteiger partial charge on any atom is -0.264 e. The zero-order valence-corrected chi connectivity index (χ0v) is 11.1. The second-order valence-electron chi connectivity index (χ2n) is 3.64. The van der Waals surface area contributed by atoms with Crippen molar-refractivity contribution in [2.45, 2.75) is 0 Å². The summed E-state index contributed by atoms with van der Waals surface area (Å²) in [5.41, 5.74) is 0.655. The summed E-state index contributed by atoms with van der Waals surface area (Å²) in [4.78, 5) is 3.90. The van der Waals surface area contributed by atoms with E-state index < -0.39 is 5.82 Å². The quantitative estimate of drug-likeness (QED) is 0.764. The molecule has 2 nitrogen and oxygen atoms in total. The normalized spacial score (nSPS) is 11.7. The molecule has 0 unspecified atom stereocenters. The highest BCUT2D eigenvalue weighted by molar-refractivity contribution is 6.54. The third-order valence-corrected chi connectivity index (χ3v) is 3.16. The van der Waals surface area contributed by atoms with E-state index >= 15 is 0 Å². The van der Waals surface area contributed by atoms with Crippen LogP contribution in [-0.4, -0.2) is 4.98 Å². The standard InChI is InChI=1S/C14H7Cl2FN2/c15-11-4-1-5-12(17)13(11)14(16)10(7-18)9-3-2-6-19-8-9/h1-6,8H/b14-10+. The van der Waals surface area contributed by atoms with E-state index in [9.17, 15) is 9.65 Å². The summed E-state index contributed by atoms with van der Waals surface area (Å²) in [6, 6.07) is 9.52. The van der Waals surface area contributed by atoms with Gasteiger partial charge in [-0.15, -0.1) is 0 Å². The molecule has 2 aromatic rings. The molecule has 1 heterocycles. The van der Waals surface area contributed by atoms with Crippen molar-refractivity contribution in [1.29, 1.82) is 5.26 Å². The fourth-order valence-corrected chi connectivity index (χ4v) is 2.23. The van der Waals surface area contributed by atoms with E-state index in [4.69, 9.17) is 23.2 Å². The van der Waals surface area contributed by atoms with Gasteiger partial charge in [-0.3, -0.25) is 4.98 Å². The van der Waals surface area contributed by atoms with Gasteiger partial charge >= 0.3 is 0 Å². The van der Waals surface area contributed by atoms with Crippen LogP contribution in [0.4, 0.5) is 4.39 Å². The van der Waals surface area contributed by atoms with Crippen LogP contribution in [0, 0.1) is 17.1 Å². The molecule has 19 heavy (non-hydrogen) atoms. The Morgan fingerprint density at radius 2 is 2.05 bits per heavy atom. The van der Waals surface area contributed by atoms with Crippen LogP contribution in [0.2, 0.25) is 5.02 Å². The predicted octanol–water partition coefficient (Wildman–Crippen LogP) is 4.50. The SMILES string of the molecule is N#C/C(=C(\Cl)c1c(F)cccc1Cl)c1cccnc1. The van der Waals surface area contributed by atoms with Crippen molar-refractivity contribution < 1.29 is 4.39 Å². The number of pyridine rings is 1. The third-order valence-electron chi connectivity index (χ3n) is 2.46. The maximum atomic E-state index is 13.8. The van der Waals surface area contributed by atoms with Crippen LogP contribution in [0.5, 0.6) is 0 Å². The third kappa shape index (κ3) is 2.76. The highest BCUT2D eigenvalue weighted by Gasteiger charge is 2.16. The summed E-state index contributed by atoms with van der Waals surface area (Å²) >= 11 is 12.1. The van der Waals surface area contributed by atoms with Gasteiger partial charge in [-0.1, -0.05) is 35.3 Å². The van der Waals surface area contributed by atoms with Crippen molar-refractivity contribution in [3.63, 3.8) is 0 Å². The lowest BCUT2D eigenvalue weighted by Crippen LogP contribution is -1.91. The Hall–Kier alpha value is -1.89.